The highest BCUT2D eigenvalue weighted by atomic mass is 32.2. The van der Waals surface area contributed by atoms with Crippen LogP contribution in [-0.4, -0.2) is 33.6 Å². The van der Waals surface area contributed by atoms with Crippen LogP contribution in [0.1, 0.15) is 38.5 Å². The molecule has 132 valence electrons. The Balaban J connectivity index is 1.57. The summed E-state index contributed by atoms with van der Waals surface area (Å²) < 4.78 is 32.6. The highest BCUT2D eigenvalue weighted by Gasteiger charge is 2.23. The van der Waals surface area contributed by atoms with Crippen LogP contribution in [0.4, 0.5) is 5.69 Å². The van der Waals surface area contributed by atoms with E-state index in [9.17, 15) is 13.2 Å². The average Bonchev–Trinajstić information content (AvgIpc) is 3.27. The first kappa shape index (κ1) is 17.4. The molecule has 1 aromatic rings. The Hall–Kier alpha value is -1.44. The van der Waals surface area contributed by atoms with Gasteiger partial charge in [-0.2, -0.15) is 0 Å². The summed E-state index contributed by atoms with van der Waals surface area (Å²) in [6, 6.07) is 6.30. The van der Waals surface area contributed by atoms with Gasteiger partial charge in [0.2, 0.25) is 15.9 Å². The van der Waals surface area contributed by atoms with E-state index in [0.29, 0.717) is 18.8 Å². The normalized spacial score (nSPS) is 21.9. The molecule has 1 amide bonds. The molecule has 2 N–H and O–H groups in total. The number of hydrogen-bond donors (Lipinski definition) is 2. The molecule has 2 fully saturated rings. The van der Waals surface area contributed by atoms with Crippen LogP contribution in [0.3, 0.4) is 0 Å². The van der Waals surface area contributed by atoms with E-state index < -0.39 is 10.0 Å². The van der Waals surface area contributed by atoms with Crippen molar-refractivity contribution in [3.8, 4) is 0 Å². The highest BCUT2D eigenvalue weighted by molar-refractivity contribution is 7.89. The number of amides is 1. The lowest BCUT2D eigenvalue weighted by molar-refractivity contribution is -0.119. The number of sulfonamides is 1. The van der Waals surface area contributed by atoms with Gasteiger partial charge in [0.05, 0.1) is 11.0 Å². The monoisotopic (exact) mass is 352 g/mol. The van der Waals surface area contributed by atoms with Crippen molar-refractivity contribution in [3.05, 3.63) is 24.3 Å². The minimum Gasteiger partial charge on any atom is -0.377 e. The van der Waals surface area contributed by atoms with E-state index >= 15 is 0 Å². The molecule has 1 saturated carbocycles. The Bertz CT molecular complexity index is 660. The van der Waals surface area contributed by atoms with Gasteiger partial charge in [-0.25, -0.2) is 13.1 Å². The first-order valence-electron chi connectivity index (χ1n) is 8.57. The second kappa shape index (κ2) is 7.63. The quantitative estimate of drug-likeness (QED) is 0.822. The van der Waals surface area contributed by atoms with Crippen LogP contribution in [0.5, 0.6) is 0 Å². The first-order chi connectivity index (χ1) is 11.5. The molecule has 1 saturated heterocycles. The Kier molecular flexibility index (Phi) is 5.53. The third-order valence-electron chi connectivity index (χ3n) is 4.68. The molecule has 1 unspecified atom stereocenters. The van der Waals surface area contributed by atoms with Crippen molar-refractivity contribution in [1.82, 2.24) is 4.72 Å². The molecule has 1 atom stereocenters. The molecule has 1 aliphatic carbocycles. The zero-order chi connectivity index (χ0) is 17.0. The third-order valence-corrected chi connectivity index (χ3v) is 6.12. The van der Waals surface area contributed by atoms with Gasteiger partial charge in [0.1, 0.15) is 0 Å². The SMILES string of the molecule is O=C(Nc1ccc(S(=O)(=O)NCC2CCCO2)cc1)C1CCCC1. The lowest BCUT2D eigenvalue weighted by atomic mass is 10.1. The Morgan fingerprint density at radius 3 is 2.42 bits per heavy atom. The lowest BCUT2D eigenvalue weighted by Crippen LogP contribution is -2.31. The van der Waals surface area contributed by atoms with Crippen molar-refractivity contribution in [2.75, 3.05) is 18.5 Å². The summed E-state index contributed by atoms with van der Waals surface area (Å²) in [6.45, 7) is 0.990. The minimum absolute atomic E-state index is 0.0274. The second-order valence-corrected chi connectivity index (χ2v) is 8.25. The fourth-order valence-corrected chi connectivity index (χ4v) is 4.31. The topological polar surface area (TPSA) is 84.5 Å². The van der Waals surface area contributed by atoms with E-state index in [1.807, 2.05) is 0 Å². The van der Waals surface area contributed by atoms with Gasteiger partial charge in [0.15, 0.2) is 0 Å². The van der Waals surface area contributed by atoms with Crippen LogP contribution in [0.25, 0.3) is 0 Å². The van der Waals surface area contributed by atoms with Gasteiger partial charge in [-0.05, 0) is 49.9 Å². The lowest BCUT2D eigenvalue weighted by Gasteiger charge is -2.13. The van der Waals surface area contributed by atoms with Gasteiger partial charge in [-0.15, -0.1) is 0 Å². The van der Waals surface area contributed by atoms with Gasteiger partial charge >= 0.3 is 0 Å². The van der Waals surface area contributed by atoms with Crippen LogP contribution >= 0.6 is 0 Å². The molecule has 0 bridgehead atoms. The molecule has 24 heavy (non-hydrogen) atoms. The Morgan fingerprint density at radius 2 is 1.79 bits per heavy atom. The number of rotatable bonds is 6. The predicted molar refractivity (Wildman–Crippen MR) is 91.2 cm³/mol. The number of anilines is 1. The third kappa shape index (κ3) is 4.34. The van der Waals surface area contributed by atoms with E-state index in [1.54, 1.807) is 12.1 Å². The molecular weight excluding hydrogens is 328 g/mol. The highest BCUT2D eigenvalue weighted by Crippen LogP contribution is 2.26. The van der Waals surface area contributed by atoms with Gasteiger partial charge < -0.3 is 10.1 Å². The number of carbonyl (C=O) groups excluding carboxylic acids is 1. The Labute approximate surface area is 143 Å². The molecule has 1 aliphatic heterocycles. The average molecular weight is 352 g/mol. The maximum Gasteiger partial charge on any atom is 0.240 e. The van der Waals surface area contributed by atoms with E-state index in [2.05, 4.69) is 10.0 Å². The van der Waals surface area contributed by atoms with E-state index in [0.717, 1.165) is 38.5 Å². The number of hydrogen-bond acceptors (Lipinski definition) is 4. The fourth-order valence-electron chi connectivity index (χ4n) is 3.24. The fraction of sp³-hybridized carbons (Fsp3) is 0.588. The summed E-state index contributed by atoms with van der Waals surface area (Å²) >= 11 is 0. The van der Waals surface area contributed by atoms with Crippen LogP contribution in [0.2, 0.25) is 0 Å². The maximum atomic E-state index is 12.3. The molecule has 6 nitrogen and oxygen atoms in total. The minimum atomic E-state index is -3.55. The van der Waals surface area contributed by atoms with Crippen molar-refractivity contribution >= 4 is 21.6 Å². The standard InChI is InChI=1S/C17H24N2O4S/c20-17(13-4-1-2-5-13)19-14-7-9-16(10-8-14)24(21,22)18-12-15-6-3-11-23-15/h7-10,13,15,18H,1-6,11-12H2,(H,19,20). The predicted octanol–water partition coefficient (Wildman–Crippen LogP) is 2.27. The molecule has 2 aliphatic rings. The summed E-state index contributed by atoms with van der Waals surface area (Å²) in [6.07, 6.45) is 5.90. The zero-order valence-electron chi connectivity index (χ0n) is 13.7. The number of carbonyl (C=O) groups is 1. The van der Waals surface area contributed by atoms with Crippen LogP contribution in [-0.2, 0) is 19.6 Å². The molecule has 0 radical (unpaired) electrons. The smallest absolute Gasteiger partial charge is 0.240 e. The van der Waals surface area contributed by atoms with Gasteiger partial charge in [0, 0.05) is 24.8 Å². The van der Waals surface area contributed by atoms with Crippen LogP contribution in [0, 0.1) is 5.92 Å². The van der Waals surface area contributed by atoms with Crippen LogP contribution < -0.4 is 10.0 Å². The Morgan fingerprint density at radius 1 is 1.08 bits per heavy atom. The maximum absolute atomic E-state index is 12.3. The molecule has 3 rings (SSSR count). The zero-order valence-corrected chi connectivity index (χ0v) is 14.5. The summed E-state index contributed by atoms with van der Waals surface area (Å²) in [5, 5.41) is 2.87. The van der Waals surface area contributed by atoms with Crippen molar-refractivity contribution in [2.45, 2.75) is 49.5 Å². The van der Waals surface area contributed by atoms with E-state index in [-0.39, 0.29) is 22.8 Å². The van der Waals surface area contributed by atoms with Crippen molar-refractivity contribution in [3.63, 3.8) is 0 Å². The molecule has 0 spiro atoms. The number of benzene rings is 1. The van der Waals surface area contributed by atoms with E-state index in [1.165, 1.54) is 12.1 Å². The summed E-state index contributed by atoms with van der Waals surface area (Å²) in [5.41, 5.74) is 0.630. The van der Waals surface area contributed by atoms with E-state index in [4.69, 9.17) is 4.74 Å². The van der Waals surface area contributed by atoms with Gasteiger partial charge in [-0.1, -0.05) is 12.8 Å². The van der Waals surface area contributed by atoms with Crippen molar-refractivity contribution in [1.29, 1.82) is 0 Å². The van der Waals surface area contributed by atoms with Crippen molar-refractivity contribution < 1.29 is 17.9 Å². The van der Waals surface area contributed by atoms with Crippen LogP contribution in [0.15, 0.2) is 29.2 Å². The largest absolute Gasteiger partial charge is 0.377 e. The second-order valence-electron chi connectivity index (χ2n) is 6.48. The summed E-state index contributed by atoms with van der Waals surface area (Å²) in [7, 11) is -3.55. The van der Waals surface area contributed by atoms with Gasteiger partial charge in [0.25, 0.3) is 0 Å². The summed E-state index contributed by atoms with van der Waals surface area (Å²) in [4.78, 5) is 12.3. The molecular formula is C17H24N2O4S. The summed E-state index contributed by atoms with van der Waals surface area (Å²) in [5.74, 6) is 0.112. The molecule has 0 aromatic heterocycles. The number of nitrogens with one attached hydrogen (secondary N) is 2. The first-order valence-corrected chi connectivity index (χ1v) is 10.0. The molecule has 1 heterocycles. The molecule has 1 aromatic carbocycles. The molecule has 7 heteroatoms. The number of ether oxygens (including phenoxy) is 1. The van der Waals surface area contributed by atoms with Crippen molar-refractivity contribution in [2.24, 2.45) is 5.92 Å². The van der Waals surface area contributed by atoms with Gasteiger partial charge in [-0.3, -0.25) is 4.79 Å².